The molecule has 3 heterocycles. The molecule has 1 aromatic carbocycles. The molecule has 1 N–H and O–H groups in total. The summed E-state index contributed by atoms with van der Waals surface area (Å²) in [6.07, 6.45) is 4.01. The number of ether oxygens (including phenoxy) is 2. The molecule has 4 rings (SSSR count). The van der Waals surface area contributed by atoms with Gasteiger partial charge in [0, 0.05) is 31.4 Å². The van der Waals surface area contributed by atoms with Crippen LogP contribution in [0.25, 0.3) is 0 Å². The van der Waals surface area contributed by atoms with Gasteiger partial charge in [0.05, 0.1) is 32.4 Å². The minimum absolute atomic E-state index is 0.0334. The van der Waals surface area contributed by atoms with E-state index in [0.717, 1.165) is 28.5 Å². The van der Waals surface area contributed by atoms with E-state index in [1.807, 2.05) is 47.6 Å². The van der Waals surface area contributed by atoms with Crippen LogP contribution in [0.3, 0.4) is 0 Å². The Balaban J connectivity index is 1.73. The fraction of sp³-hybridized carbons (Fsp3) is 0.350. The molecule has 3 aromatic rings. The molecule has 2 aromatic heterocycles. The SMILES string of the molecule is COc1ccc(Cn2nc(C)c3c2NC(=O)CC3c2nccn2C)cc1OC. The van der Waals surface area contributed by atoms with Crippen molar-refractivity contribution in [1.29, 1.82) is 0 Å². The molecule has 0 radical (unpaired) electrons. The van der Waals surface area contributed by atoms with Crippen molar-refractivity contribution in [3.8, 4) is 11.5 Å². The minimum atomic E-state index is -0.108. The summed E-state index contributed by atoms with van der Waals surface area (Å²) in [6.45, 7) is 2.47. The van der Waals surface area contributed by atoms with Crippen LogP contribution < -0.4 is 14.8 Å². The number of methoxy groups -OCH3 is 2. The van der Waals surface area contributed by atoms with E-state index in [1.54, 1.807) is 20.4 Å². The zero-order valence-corrected chi connectivity index (χ0v) is 16.4. The summed E-state index contributed by atoms with van der Waals surface area (Å²) in [4.78, 5) is 16.9. The summed E-state index contributed by atoms with van der Waals surface area (Å²) in [7, 11) is 5.16. The smallest absolute Gasteiger partial charge is 0.226 e. The molecular formula is C20H23N5O3. The highest BCUT2D eigenvalue weighted by Crippen LogP contribution is 2.39. The maximum Gasteiger partial charge on any atom is 0.226 e. The van der Waals surface area contributed by atoms with Crippen LogP contribution in [-0.4, -0.2) is 39.5 Å². The molecule has 8 nitrogen and oxygen atoms in total. The lowest BCUT2D eigenvalue weighted by Gasteiger charge is -2.23. The quantitative estimate of drug-likeness (QED) is 0.734. The normalized spacial score (nSPS) is 15.9. The lowest BCUT2D eigenvalue weighted by Crippen LogP contribution is -2.26. The first-order valence-corrected chi connectivity index (χ1v) is 9.07. The van der Waals surface area contributed by atoms with Gasteiger partial charge in [-0.15, -0.1) is 0 Å². The van der Waals surface area contributed by atoms with Gasteiger partial charge in [0.25, 0.3) is 0 Å². The zero-order valence-electron chi connectivity index (χ0n) is 16.4. The van der Waals surface area contributed by atoms with Crippen LogP contribution in [0.15, 0.2) is 30.6 Å². The standard InChI is InChI=1S/C20H23N5O3/c1-12-18-14(19-21-7-8-24(19)2)10-17(26)22-20(18)25(23-12)11-13-5-6-15(27-3)16(9-13)28-4/h5-9,14H,10-11H2,1-4H3,(H,22,26). The summed E-state index contributed by atoms with van der Waals surface area (Å²) in [6, 6.07) is 5.75. The van der Waals surface area contributed by atoms with Gasteiger partial charge in [-0.25, -0.2) is 9.67 Å². The van der Waals surface area contributed by atoms with Crippen LogP contribution in [0.5, 0.6) is 11.5 Å². The molecule has 0 saturated carbocycles. The van der Waals surface area contributed by atoms with Crippen molar-refractivity contribution in [2.24, 2.45) is 7.05 Å². The lowest BCUT2D eigenvalue weighted by molar-refractivity contribution is -0.116. The molecule has 0 bridgehead atoms. The second-order valence-corrected chi connectivity index (χ2v) is 6.90. The van der Waals surface area contributed by atoms with Crippen LogP contribution in [-0.2, 0) is 18.4 Å². The Morgan fingerprint density at radius 3 is 2.71 bits per heavy atom. The summed E-state index contributed by atoms with van der Waals surface area (Å²) in [5, 5.41) is 7.70. The highest BCUT2D eigenvalue weighted by atomic mass is 16.5. The minimum Gasteiger partial charge on any atom is -0.493 e. The van der Waals surface area contributed by atoms with E-state index in [1.165, 1.54) is 0 Å². The third-order valence-electron chi connectivity index (χ3n) is 5.12. The number of hydrogen-bond donors (Lipinski definition) is 1. The molecule has 8 heteroatoms. The molecule has 0 fully saturated rings. The molecule has 1 aliphatic heterocycles. The number of anilines is 1. The van der Waals surface area contributed by atoms with E-state index in [9.17, 15) is 4.79 Å². The molecule has 1 atom stereocenters. The molecule has 0 spiro atoms. The van der Waals surface area contributed by atoms with Gasteiger partial charge in [-0.3, -0.25) is 4.79 Å². The van der Waals surface area contributed by atoms with E-state index in [4.69, 9.17) is 14.6 Å². The number of nitrogens with one attached hydrogen (secondary N) is 1. The number of imidazole rings is 1. The van der Waals surface area contributed by atoms with Gasteiger partial charge in [0.2, 0.25) is 5.91 Å². The number of benzene rings is 1. The second-order valence-electron chi connectivity index (χ2n) is 6.90. The predicted molar refractivity (Wildman–Crippen MR) is 104 cm³/mol. The van der Waals surface area contributed by atoms with Gasteiger partial charge in [0.1, 0.15) is 11.6 Å². The van der Waals surface area contributed by atoms with Crippen LogP contribution in [0.4, 0.5) is 5.82 Å². The average Bonchev–Trinajstić information content (AvgIpc) is 3.24. The maximum absolute atomic E-state index is 12.4. The van der Waals surface area contributed by atoms with Gasteiger partial charge < -0.3 is 19.4 Å². The van der Waals surface area contributed by atoms with E-state index < -0.39 is 0 Å². The Kier molecular flexibility index (Phi) is 4.54. The van der Waals surface area contributed by atoms with Crippen LogP contribution in [0, 0.1) is 6.92 Å². The van der Waals surface area contributed by atoms with Gasteiger partial charge >= 0.3 is 0 Å². The molecule has 0 saturated heterocycles. The molecule has 1 amide bonds. The fourth-order valence-electron chi connectivity index (χ4n) is 3.81. The second kappa shape index (κ2) is 7.03. The Morgan fingerprint density at radius 2 is 2.04 bits per heavy atom. The van der Waals surface area contributed by atoms with Crippen LogP contribution in [0.2, 0.25) is 0 Å². The Labute approximate surface area is 163 Å². The number of amides is 1. The topological polar surface area (TPSA) is 83.2 Å². The summed E-state index contributed by atoms with van der Waals surface area (Å²) in [5.41, 5.74) is 2.91. The van der Waals surface area contributed by atoms with Crippen molar-refractivity contribution >= 4 is 11.7 Å². The first kappa shape index (κ1) is 18.1. The third kappa shape index (κ3) is 3.00. The number of rotatable bonds is 5. The van der Waals surface area contributed by atoms with Crippen molar-refractivity contribution in [3.63, 3.8) is 0 Å². The largest absolute Gasteiger partial charge is 0.493 e. The number of aryl methyl sites for hydroxylation is 2. The van der Waals surface area contributed by atoms with E-state index in [0.29, 0.717) is 24.5 Å². The Morgan fingerprint density at radius 1 is 1.25 bits per heavy atom. The molecular weight excluding hydrogens is 358 g/mol. The molecule has 146 valence electrons. The first-order valence-electron chi connectivity index (χ1n) is 9.07. The lowest BCUT2D eigenvalue weighted by atomic mass is 9.91. The average molecular weight is 381 g/mol. The molecule has 28 heavy (non-hydrogen) atoms. The Hall–Kier alpha value is -3.29. The molecule has 1 aliphatic rings. The number of hydrogen-bond acceptors (Lipinski definition) is 5. The fourth-order valence-corrected chi connectivity index (χ4v) is 3.81. The predicted octanol–water partition coefficient (Wildman–Crippen LogP) is 2.46. The number of carbonyl (C=O) groups excluding carboxylic acids is 1. The van der Waals surface area contributed by atoms with Crippen molar-refractivity contribution in [2.75, 3.05) is 19.5 Å². The number of carbonyl (C=O) groups is 1. The summed E-state index contributed by atoms with van der Waals surface area (Å²) in [5.74, 6) is 2.79. The third-order valence-corrected chi connectivity index (χ3v) is 5.12. The highest BCUT2D eigenvalue weighted by molar-refractivity contribution is 5.94. The van der Waals surface area contributed by atoms with E-state index >= 15 is 0 Å². The van der Waals surface area contributed by atoms with Crippen molar-refractivity contribution in [1.82, 2.24) is 19.3 Å². The van der Waals surface area contributed by atoms with Gasteiger partial charge in [-0.2, -0.15) is 5.10 Å². The molecule has 0 aliphatic carbocycles. The number of aromatic nitrogens is 4. The zero-order chi connectivity index (χ0) is 19.8. The van der Waals surface area contributed by atoms with Crippen LogP contribution in [0.1, 0.15) is 35.0 Å². The summed E-state index contributed by atoms with van der Waals surface area (Å²) >= 11 is 0. The van der Waals surface area contributed by atoms with Crippen molar-refractivity contribution < 1.29 is 14.3 Å². The van der Waals surface area contributed by atoms with E-state index in [2.05, 4.69) is 10.3 Å². The Bertz CT molecular complexity index is 1040. The monoisotopic (exact) mass is 381 g/mol. The van der Waals surface area contributed by atoms with Crippen molar-refractivity contribution in [2.45, 2.75) is 25.8 Å². The van der Waals surface area contributed by atoms with Crippen molar-refractivity contribution in [3.05, 3.63) is 53.2 Å². The number of fused-ring (bicyclic) bond motifs is 1. The van der Waals surface area contributed by atoms with Crippen LogP contribution >= 0.6 is 0 Å². The van der Waals surface area contributed by atoms with Gasteiger partial charge in [-0.1, -0.05) is 6.07 Å². The number of nitrogens with zero attached hydrogens (tertiary/aromatic N) is 4. The highest BCUT2D eigenvalue weighted by Gasteiger charge is 2.34. The first-order chi connectivity index (χ1) is 13.5. The summed E-state index contributed by atoms with van der Waals surface area (Å²) < 4.78 is 14.5. The van der Waals surface area contributed by atoms with Gasteiger partial charge in [0.15, 0.2) is 11.5 Å². The molecule has 1 unspecified atom stereocenters. The maximum atomic E-state index is 12.4. The van der Waals surface area contributed by atoms with E-state index in [-0.39, 0.29) is 11.8 Å². The van der Waals surface area contributed by atoms with Gasteiger partial charge in [-0.05, 0) is 24.6 Å².